The van der Waals surface area contributed by atoms with Crippen molar-refractivity contribution in [1.29, 1.82) is 0 Å². The zero-order chi connectivity index (χ0) is 14.8. The molecule has 0 saturated heterocycles. The van der Waals surface area contributed by atoms with Gasteiger partial charge in [-0.1, -0.05) is 24.3 Å². The Kier molecular flexibility index (Phi) is 3.78. The fourth-order valence-electron chi connectivity index (χ4n) is 3.17. The maximum Gasteiger partial charge on any atom is 0.220 e. The van der Waals surface area contributed by atoms with E-state index in [0.717, 1.165) is 24.2 Å². The zero-order valence-electron chi connectivity index (χ0n) is 12.6. The van der Waals surface area contributed by atoms with Gasteiger partial charge in [-0.2, -0.15) is 5.10 Å². The molecule has 0 aliphatic heterocycles. The molecule has 0 spiro atoms. The number of hydrogen-bond acceptors (Lipinski definition) is 2. The Morgan fingerprint density at radius 3 is 3.00 bits per heavy atom. The molecule has 0 saturated carbocycles. The van der Waals surface area contributed by atoms with Crippen molar-refractivity contribution in [2.45, 2.75) is 38.6 Å². The lowest BCUT2D eigenvalue weighted by Gasteiger charge is -2.11. The van der Waals surface area contributed by atoms with Crippen LogP contribution in [0.3, 0.4) is 0 Å². The van der Waals surface area contributed by atoms with Gasteiger partial charge in [0.1, 0.15) is 0 Å². The Bertz CT molecular complexity index is 660. The van der Waals surface area contributed by atoms with E-state index in [1.807, 2.05) is 24.7 Å². The summed E-state index contributed by atoms with van der Waals surface area (Å²) in [4.78, 5) is 12.2. The molecule has 3 rings (SSSR count). The van der Waals surface area contributed by atoms with E-state index in [1.165, 1.54) is 11.1 Å². The van der Waals surface area contributed by atoms with Gasteiger partial charge in [0.15, 0.2) is 0 Å². The van der Waals surface area contributed by atoms with E-state index in [9.17, 15) is 4.79 Å². The molecule has 21 heavy (non-hydrogen) atoms. The Morgan fingerprint density at radius 2 is 2.24 bits per heavy atom. The molecule has 0 radical (unpaired) electrons. The minimum absolute atomic E-state index is 0.121. The monoisotopic (exact) mass is 283 g/mol. The van der Waals surface area contributed by atoms with Crippen molar-refractivity contribution in [2.75, 3.05) is 0 Å². The number of carbonyl (C=O) groups is 1. The Balaban J connectivity index is 1.57. The second-order valence-electron chi connectivity index (χ2n) is 5.82. The van der Waals surface area contributed by atoms with E-state index >= 15 is 0 Å². The molecule has 1 aromatic heterocycles. The van der Waals surface area contributed by atoms with Crippen molar-refractivity contribution in [3.8, 4) is 0 Å². The van der Waals surface area contributed by atoms with Gasteiger partial charge in [0.2, 0.25) is 5.91 Å². The number of aryl methyl sites for hydroxylation is 3. The topological polar surface area (TPSA) is 46.9 Å². The second-order valence-corrected chi connectivity index (χ2v) is 5.82. The third-order valence-electron chi connectivity index (χ3n) is 4.25. The van der Waals surface area contributed by atoms with Crippen molar-refractivity contribution in [3.05, 3.63) is 52.8 Å². The molecule has 0 bridgehead atoms. The van der Waals surface area contributed by atoms with Crippen LogP contribution in [0.15, 0.2) is 30.3 Å². The highest BCUT2D eigenvalue weighted by Crippen LogP contribution is 2.35. The summed E-state index contributed by atoms with van der Waals surface area (Å²) < 4.78 is 1.82. The largest absolute Gasteiger partial charge is 0.350 e. The Morgan fingerprint density at radius 1 is 1.43 bits per heavy atom. The number of nitrogens with zero attached hydrogens (tertiary/aromatic N) is 2. The average Bonchev–Trinajstić information content (AvgIpc) is 3.00. The predicted molar refractivity (Wildman–Crippen MR) is 81.9 cm³/mol. The normalized spacial score (nSPS) is 16.8. The number of hydrogen-bond donors (Lipinski definition) is 1. The lowest BCUT2D eigenvalue weighted by atomic mass is 9.97. The maximum atomic E-state index is 12.2. The molecule has 1 atom stereocenters. The van der Waals surface area contributed by atoms with Crippen LogP contribution in [0, 0.1) is 6.92 Å². The lowest BCUT2D eigenvalue weighted by molar-refractivity contribution is -0.121. The van der Waals surface area contributed by atoms with Gasteiger partial charge in [0.05, 0.1) is 17.9 Å². The minimum Gasteiger partial charge on any atom is -0.350 e. The molecule has 1 heterocycles. The molecule has 0 fully saturated rings. The number of fused-ring (bicyclic) bond motifs is 1. The number of amides is 1. The summed E-state index contributed by atoms with van der Waals surface area (Å²) in [6, 6.07) is 10.5. The number of aromatic nitrogens is 2. The van der Waals surface area contributed by atoms with Crippen molar-refractivity contribution in [1.82, 2.24) is 15.1 Å². The summed E-state index contributed by atoms with van der Waals surface area (Å²) in [6.45, 7) is 2.51. The lowest BCUT2D eigenvalue weighted by Crippen LogP contribution is -2.25. The molecule has 1 amide bonds. The molecular weight excluding hydrogens is 262 g/mol. The van der Waals surface area contributed by atoms with E-state index in [2.05, 4.69) is 34.7 Å². The van der Waals surface area contributed by atoms with Gasteiger partial charge in [0.25, 0.3) is 0 Å². The van der Waals surface area contributed by atoms with E-state index in [0.29, 0.717) is 18.9 Å². The minimum atomic E-state index is 0.121. The summed E-state index contributed by atoms with van der Waals surface area (Å²) in [7, 11) is 1.90. The van der Waals surface area contributed by atoms with E-state index in [4.69, 9.17) is 0 Å². The van der Waals surface area contributed by atoms with Gasteiger partial charge >= 0.3 is 0 Å². The van der Waals surface area contributed by atoms with Gasteiger partial charge in [-0.3, -0.25) is 9.48 Å². The average molecular weight is 283 g/mol. The van der Waals surface area contributed by atoms with Crippen LogP contribution in [0.25, 0.3) is 0 Å². The maximum absolute atomic E-state index is 12.2. The predicted octanol–water partition coefficient (Wildman–Crippen LogP) is 2.46. The highest BCUT2D eigenvalue weighted by molar-refractivity contribution is 5.77. The van der Waals surface area contributed by atoms with Crippen LogP contribution in [0.4, 0.5) is 0 Å². The second kappa shape index (κ2) is 5.72. The van der Waals surface area contributed by atoms with Gasteiger partial charge in [-0.15, -0.1) is 0 Å². The SMILES string of the molecule is Cc1cc(CNC(=O)C[C@H]2CCc3ccccc32)n(C)n1. The number of carbonyl (C=O) groups excluding carboxylic acids is 1. The van der Waals surface area contributed by atoms with Crippen LogP contribution < -0.4 is 5.32 Å². The summed E-state index contributed by atoms with van der Waals surface area (Å²) >= 11 is 0. The van der Waals surface area contributed by atoms with Crippen LogP contribution in [-0.2, 0) is 24.8 Å². The summed E-state index contributed by atoms with van der Waals surface area (Å²) in [5, 5.41) is 7.30. The van der Waals surface area contributed by atoms with Crippen molar-refractivity contribution in [3.63, 3.8) is 0 Å². The van der Waals surface area contributed by atoms with Gasteiger partial charge in [-0.25, -0.2) is 0 Å². The standard InChI is InChI=1S/C17H21N3O/c1-12-9-15(20(2)19-12)11-18-17(21)10-14-8-7-13-5-3-4-6-16(13)14/h3-6,9,14H,7-8,10-11H2,1-2H3,(H,18,21)/t14-/m1/s1. The molecule has 4 nitrogen and oxygen atoms in total. The Labute approximate surface area is 125 Å². The first kappa shape index (κ1) is 13.9. The molecule has 4 heteroatoms. The quantitative estimate of drug-likeness (QED) is 0.937. The van der Waals surface area contributed by atoms with Gasteiger partial charge in [0, 0.05) is 13.5 Å². The van der Waals surface area contributed by atoms with E-state index < -0.39 is 0 Å². The van der Waals surface area contributed by atoms with Crippen LogP contribution >= 0.6 is 0 Å². The molecule has 0 unspecified atom stereocenters. The Hall–Kier alpha value is -2.10. The molecule has 1 N–H and O–H groups in total. The number of rotatable bonds is 4. The third kappa shape index (κ3) is 2.99. The highest BCUT2D eigenvalue weighted by atomic mass is 16.1. The van der Waals surface area contributed by atoms with Crippen LogP contribution in [0.1, 0.15) is 41.3 Å². The molecule has 1 aliphatic carbocycles. The smallest absolute Gasteiger partial charge is 0.220 e. The molecule has 2 aromatic rings. The van der Waals surface area contributed by atoms with Crippen LogP contribution in [0.2, 0.25) is 0 Å². The molecule has 1 aliphatic rings. The van der Waals surface area contributed by atoms with Gasteiger partial charge in [-0.05, 0) is 42.9 Å². The fraction of sp³-hybridized carbons (Fsp3) is 0.412. The molecule has 110 valence electrons. The zero-order valence-corrected chi connectivity index (χ0v) is 12.6. The third-order valence-corrected chi connectivity index (χ3v) is 4.25. The summed E-state index contributed by atoms with van der Waals surface area (Å²) in [5.74, 6) is 0.491. The first-order valence-corrected chi connectivity index (χ1v) is 7.47. The first-order chi connectivity index (χ1) is 10.1. The van der Waals surface area contributed by atoms with Gasteiger partial charge < -0.3 is 5.32 Å². The van der Waals surface area contributed by atoms with E-state index in [1.54, 1.807) is 0 Å². The summed E-state index contributed by atoms with van der Waals surface area (Å²) in [6.07, 6.45) is 2.75. The number of benzene rings is 1. The highest BCUT2D eigenvalue weighted by Gasteiger charge is 2.24. The molecular formula is C17H21N3O. The fourth-order valence-corrected chi connectivity index (χ4v) is 3.17. The van der Waals surface area contributed by atoms with Crippen LogP contribution in [-0.4, -0.2) is 15.7 Å². The van der Waals surface area contributed by atoms with Crippen LogP contribution in [0.5, 0.6) is 0 Å². The number of nitrogens with one attached hydrogen (secondary N) is 1. The van der Waals surface area contributed by atoms with Crippen molar-refractivity contribution < 1.29 is 4.79 Å². The van der Waals surface area contributed by atoms with Crippen molar-refractivity contribution in [2.24, 2.45) is 7.05 Å². The van der Waals surface area contributed by atoms with E-state index in [-0.39, 0.29) is 5.91 Å². The summed E-state index contributed by atoms with van der Waals surface area (Å²) in [5.41, 5.74) is 4.76. The van der Waals surface area contributed by atoms with Crippen molar-refractivity contribution >= 4 is 5.91 Å². The first-order valence-electron chi connectivity index (χ1n) is 7.47. The molecule has 1 aromatic carbocycles.